The Kier molecular flexibility index (Phi) is 4.40. The Balaban J connectivity index is 2.30. The first kappa shape index (κ1) is 13.6. The first-order valence-corrected chi connectivity index (χ1v) is 7.51. The van der Waals surface area contributed by atoms with E-state index >= 15 is 0 Å². The van der Waals surface area contributed by atoms with Gasteiger partial charge in [0, 0.05) is 9.35 Å². The molecule has 1 atom stereocenters. The molecule has 1 unspecified atom stereocenters. The van der Waals surface area contributed by atoms with Crippen molar-refractivity contribution in [3.05, 3.63) is 50.9 Å². The quantitative estimate of drug-likeness (QED) is 0.786. The van der Waals surface area contributed by atoms with Gasteiger partial charge in [-0.05, 0) is 45.4 Å². The maximum atomic E-state index is 13.8. The molecule has 1 aromatic heterocycles. The van der Waals surface area contributed by atoms with Crippen LogP contribution < -0.4 is 5.32 Å². The lowest BCUT2D eigenvalue weighted by atomic mass is 10.0. The van der Waals surface area contributed by atoms with E-state index in [9.17, 15) is 4.39 Å². The van der Waals surface area contributed by atoms with Crippen LogP contribution in [0.5, 0.6) is 0 Å². The summed E-state index contributed by atoms with van der Waals surface area (Å²) in [5.74, 6) is 0.154. The van der Waals surface area contributed by atoms with Gasteiger partial charge in [0.05, 0.1) is 11.7 Å². The van der Waals surface area contributed by atoms with E-state index in [2.05, 4.69) is 41.2 Å². The lowest BCUT2D eigenvalue weighted by Gasteiger charge is -2.23. The van der Waals surface area contributed by atoms with Crippen molar-refractivity contribution in [3.63, 3.8) is 0 Å². The van der Waals surface area contributed by atoms with Gasteiger partial charge in [-0.1, -0.05) is 26.0 Å². The SMILES string of the molecule is CC(C)C(Nc1c(F)cccc1Br)c1cccs1. The van der Waals surface area contributed by atoms with Gasteiger partial charge in [-0.2, -0.15) is 0 Å². The highest BCUT2D eigenvalue weighted by Crippen LogP contribution is 2.34. The summed E-state index contributed by atoms with van der Waals surface area (Å²) < 4.78 is 14.6. The first-order chi connectivity index (χ1) is 8.59. The first-order valence-electron chi connectivity index (χ1n) is 5.83. The van der Waals surface area contributed by atoms with Gasteiger partial charge in [0.1, 0.15) is 5.82 Å². The van der Waals surface area contributed by atoms with E-state index in [1.807, 2.05) is 17.5 Å². The predicted octanol–water partition coefficient (Wildman–Crippen LogP) is 5.46. The molecule has 2 rings (SSSR count). The molecule has 0 fully saturated rings. The summed E-state index contributed by atoms with van der Waals surface area (Å²) in [7, 11) is 0. The summed E-state index contributed by atoms with van der Waals surface area (Å²) in [6.45, 7) is 4.26. The average molecular weight is 328 g/mol. The molecule has 96 valence electrons. The molecule has 0 bridgehead atoms. The molecule has 0 spiro atoms. The van der Waals surface area contributed by atoms with Crippen LogP contribution in [-0.2, 0) is 0 Å². The van der Waals surface area contributed by atoms with Gasteiger partial charge in [-0.25, -0.2) is 4.39 Å². The molecule has 0 saturated carbocycles. The zero-order chi connectivity index (χ0) is 13.1. The average Bonchev–Trinajstić information content (AvgIpc) is 2.81. The fraction of sp³-hybridized carbons (Fsp3) is 0.286. The monoisotopic (exact) mass is 327 g/mol. The number of halogens is 2. The van der Waals surface area contributed by atoms with Crippen molar-refractivity contribution in [2.75, 3.05) is 5.32 Å². The Labute approximate surface area is 119 Å². The summed E-state index contributed by atoms with van der Waals surface area (Å²) in [6.07, 6.45) is 0. The second-order valence-corrected chi connectivity index (χ2v) is 6.31. The fourth-order valence-electron chi connectivity index (χ4n) is 1.83. The van der Waals surface area contributed by atoms with E-state index in [-0.39, 0.29) is 11.9 Å². The van der Waals surface area contributed by atoms with E-state index in [1.54, 1.807) is 17.4 Å². The maximum Gasteiger partial charge on any atom is 0.147 e. The van der Waals surface area contributed by atoms with E-state index in [0.29, 0.717) is 11.6 Å². The minimum Gasteiger partial charge on any atom is -0.374 e. The molecule has 0 radical (unpaired) electrons. The van der Waals surface area contributed by atoms with Crippen molar-refractivity contribution in [1.82, 2.24) is 0 Å². The summed E-state index contributed by atoms with van der Waals surface area (Å²) in [5.41, 5.74) is 0.532. The Morgan fingerprint density at radius 3 is 2.56 bits per heavy atom. The molecule has 1 heterocycles. The highest BCUT2D eigenvalue weighted by molar-refractivity contribution is 9.10. The Morgan fingerprint density at radius 2 is 2.00 bits per heavy atom. The number of rotatable bonds is 4. The third-order valence-electron chi connectivity index (χ3n) is 2.78. The van der Waals surface area contributed by atoms with Crippen LogP contribution in [0.4, 0.5) is 10.1 Å². The van der Waals surface area contributed by atoms with Crippen LogP contribution in [-0.4, -0.2) is 0 Å². The molecule has 2 aromatic rings. The molecule has 0 aliphatic carbocycles. The largest absolute Gasteiger partial charge is 0.374 e. The number of hydrogen-bond donors (Lipinski definition) is 1. The van der Waals surface area contributed by atoms with Crippen LogP contribution in [0.1, 0.15) is 24.8 Å². The molecule has 0 aliphatic heterocycles. The molecule has 0 amide bonds. The second-order valence-electron chi connectivity index (χ2n) is 4.48. The van der Waals surface area contributed by atoms with Crippen molar-refractivity contribution < 1.29 is 4.39 Å². The minimum atomic E-state index is -0.230. The van der Waals surface area contributed by atoms with Gasteiger partial charge in [0.2, 0.25) is 0 Å². The molecule has 1 aromatic carbocycles. The Morgan fingerprint density at radius 1 is 1.22 bits per heavy atom. The molecule has 4 heteroatoms. The van der Waals surface area contributed by atoms with E-state index in [4.69, 9.17) is 0 Å². The van der Waals surface area contributed by atoms with Gasteiger partial charge >= 0.3 is 0 Å². The summed E-state index contributed by atoms with van der Waals surface area (Å²) in [4.78, 5) is 1.22. The number of hydrogen-bond acceptors (Lipinski definition) is 2. The molecular formula is C14H15BrFNS. The third kappa shape index (κ3) is 2.93. The van der Waals surface area contributed by atoms with E-state index in [0.717, 1.165) is 4.47 Å². The smallest absolute Gasteiger partial charge is 0.147 e. The van der Waals surface area contributed by atoms with Gasteiger partial charge in [-0.3, -0.25) is 0 Å². The zero-order valence-electron chi connectivity index (χ0n) is 10.3. The molecule has 0 aliphatic rings. The lowest BCUT2D eigenvalue weighted by Crippen LogP contribution is -2.16. The highest BCUT2D eigenvalue weighted by atomic mass is 79.9. The number of anilines is 1. The van der Waals surface area contributed by atoms with Crippen molar-refractivity contribution >= 4 is 33.0 Å². The number of benzene rings is 1. The number of thiophene rings is 1. The molecular weight excluding hydrogens is 313 g/mol. The molecule has 1 nitrogen and oxygen atoms in total. The molecule has 18 heavy (non-hydrogen) atoms. The summed E-state index contributed by atoms with van der Waals surface area (Å²) >= 11 is 5.08. The minimum absolute atomic E-state index is 0.123. The topological polar surface area (TPSA) is 12.0 Å². The van der Waals surface area contributed by atoms with Crippen molar-refractivity contribution in [3.8, 4) is 0 Å². The van der Waals surface area contributed by atoms with Crippen LogP contribution in [0.3, 0.4) is 0 Å². The molecule has 0 saturated heterocycles. The number of nitrogens with one attached hydrogen (secondary N) is 1. The van der Waals surface area contributed by atoms with Gasteiger partial charge in [0.15, 0.2) is 0 Å². The van der Waals surface area contributed by atoms with Crippen LogP contribution in [0.25, 0.3) is 0 Å². The molecule has 1 N–H and O–H groups in total. The second kappa shape index (κ2) is 5.85. The van der Waals surface area contributed by atoms with Gasteiger partial charge in [0.25, 0.3) is 0 Å². The third-order valence-corrected chi connectivity index (χ3v) is 4.40. The van der Waals surface area contributed by atoms with Gasteiger partial charge < -0.3 is 5.32 Å². The van der Waals surface area contributed by atoms with Crippen LogP contribution in [0.15, 0.2) is 40.2 Å². The van der Waals surface area contributed by atoms with E-state index < -0.39 is 0 Å². The predicted molar refractivity (Wildman–Crippen MR) is 79.6 cm³/mol. The Bertz CT molecular complexity index is 490. The summed E-state index contributed by atoms with van der Waals surface area (Å²) in [5, 5.41) is 5.35. The van der Waals surface area contributed by atoms with Crippen LogP contribution >= 0.6 is 27.3 Å². The van der Waals surface area contributed by atoms with Crippen molar-refractivity contribution in [1.29, 1.82) is 0 Å². The lowest BCUT2D eigenvalue weighted by molar-refractivity contribution is 0.546. The van der Waals surface area contributed by atoms with Crippen LogP contribution in [0.2, 0.25) is 0 Å². The normalized spacial score (nSPS) is 12.7. The van der Waals surface area contributed by atoms with Gasteiger partial charge in [-0.15, -0.1) is 11.3 Å². The van der Waals surface area contributed by atoms with Crippen molar-refractivity contribution in [2.45, 2.75) is 19.9 Å². The van der Waals surface area contributed by atoms with Crippen molar-refractivity contribution in [2.24, 2.45) is 5.92 Å². The zero-order valence-corrected chi connectivity index (χ0v) is 12.7. The Hall–Kier alpha value is -0.870. The number of para-hydroxylation sites is 1. The summed E-state index contributed by atoms with van der Waals surface area (Å²) in [6, 6.07) is 9.24. The standard InChI is InChI=1S/C14H15BrFNS/c1-9(2)13(12-7-4-8-18-12)17-14-10(15)5-3-6-11(14)16/h3-9,13,17H,1-2H3. The van der Waals surface area contributed by atoms with E-state index in [1.165, 1.54) is 10.9 Å². The van der Waals surface area contributed by atoms with Crippen LogP contribution in [0, 0.1) is 11.7 Å². The highest BCUT2D eigenvalue weighted by Gasteiger charge is 2.19. The maximum absolute atomic E-state index is 13.8. The fourth-order valence-corrected chi connectivity index (χ4v) is 3.23.